The fraction of sp³-hybridized carbons (Fsp3) is 0.600. The van der Waals surface area contributed by atoms with Crippen molar-refractivity contribution in [2.75, 3.05) is 19.0 Å². The van der Waals surface area contributed by atoms with Crippen LogP contribution in [-0.4, -0.2) is 25.4 Å². The minimum absolute atomic E-state index is 0.0503. The van der Waals surface area contributed by atoms with E-state index in [1.54, 1.807) is 7.11 Å². The molecule has 3 nitrogen and oxygen atoms in total. The monoisotopic (exact) mass is 249 g/mol. The van der Waals surface area contributed by atoms with Crippen LogP contribution >= 0.6 is 0 Å². The lowest BCUT2D eigenvalue weighted by atomic mass is 10.1. The van der Waals surface area contributed by atoms with Crippen molar-refractivity contribution in [3.05, 3.63) is 29.8 Å². The summed E-state index contributed by atoms with van der Waals surface area (Å²) >= 11 is 0. The molecule has 0 spiro atoms. The van der Waals surface area contributed by atoms with Crippen molar-refractivity contribution in [1.82, 2.24) is 0 Å². The summed E-state index contributed by atoms with van der Waals surface area (Å²) in [6.07, 6.45) is 2.62. The zero-order valence-corrected chi connectivity index (χ0v) is 11.5. The first kappa shape index (κ1) is 13.4. The normalized spacial score (nSPS) is 22.1. The van der Waals surface area contributed by atoms with Gasteiger partial charge in [0.15, 0.2) is 0 Å². The first-order chi connectivity index (χ1) is 8.59. The maximum atomic E-state index is 5.95. The summed E-state index contributed by atoms with van der Waals surface area (Å²) in [5, 5.41) is 3.43. The zero-order valence-electron chi connectivity index (χ0n) is 11.5. The predicted molar refractivity (Wildman–Crippen MR) is 73.8 cm³/mol. The van der Waals surface area contributed by atoms with Gasteiger partial charge in [0.25, 0.3) is 0 Å². The van der Waals surface area contributed by atoms with Gasteiger partial charge in [0, 0.05) is 19.3 Å². The highest BCUT2D eigenvalue weighted by Crippen LogP contribution is 2.29. The third-order valence-corrected chi connectivity index (χ3v) is 3.35. The Morgan fingerprint density at radius 1 is 1.33 bits per heavy atom. The lowest BCUT2D eigenvalue weighted by molar-refractivity contribution is -0.00910. The summed E-state index contributed by atoms with van der Waals surface area (Å²) in [4.78, 5) is 0. The number of anilines is 1. The molecule has 1 unspecified atom stereocenters. The van der Waals surface area contributed by atoms with Gasteiger partial charge in [0.2, 0.25) is 0 Å². The number of benzene rings is 1. The van der Waals surface area contributed by atoms with E-state index in [9.17, 15) is 0 Å². The van der Waals surface area contributed by atoms with E-state index in [0.29, 0.717) is 12.7 Å². The molecular formula is C15H23NO2. The van der Waals surface area contributed by atoms with Gasteiger partial charge in [-0.25, -0.2) is 0 Å². The van der Waals surface area contributed by atoms with E-state index in [-0.39, 0.29) is 5.60 Å². The third-order valence-electron chi connectivity index (χ3n) is 3.35. The SMILES string of the molecule is COCc1ccc(NCC2CCC(C)(C)O2)cc1. The molecular weight excluding hydrogens is 226 g/mol. The number of rotatable bonds is 5. The average Bonchev–Trinajstić information content (AvgIpc) is 2.69. The lowest BCUT2D eigenvalue weighted by Gasteiger charge is -2.19. The van der Waals surface area contributed by atoms with Crippen molar-refractivity contribution in [3.8, 4) is 0 Å². The van der Waals surface area contributed by atoms with Crippen molar-refractivity contribution < 1.29 is 9.47 Å². The minimum Gasteiger partial charge on any atom is -0.382 e. The summed E-state index contributed by atoms with van der Waals surface area (Å²) in [6.45, 7) is 5.87. The smallest absolute Gasteiger partial charge is 0.0755 e. The lowest BCUT2D eigenvalue weighted by Crippen LogP contribution is -2.24. The molecule has 0 aliphatic carbocycles. The van der Waals surface area contributed by atoms with Crippen LogP contribution < -0.4 is 5.32 Å². The quantitative estimate of drug-likeness (QED) is 0.869. The van der Waals surface area contributed by atoms with Crippen LogP contribution in [0.5, 0.6) is 0 Å². The Morgan fingerprint density at radius 3 is 2.61 bits per heavy atom. The number of nitrogens with one attached hydrogen (secondary N) is 1. The standard InChI is InChI=1S/C15H23NO2/c1-15(2)9-8-14(18-15)10-16-13-6-4-12(5-7-13)11-17-3/h4-7,14,16H,8-11H2,1-3H3. The van der Waals surface area contributed by atoms with Gasteiger partial charge in [-0.15, -0.1) is 0 Å². The van der Waals surface area contributed by atoms with Gasteiger partial charge in [-0.05, 0) is 44.4 Å². The van der Waals surface area contributed by atoms with E-state index < -0.39 is 0 Å². The fourth-order valence-electron chi connectivity index (χ4n) is 2.34. The van der Waals surface area contributed by atoms with Crippen LogP contribution in [0.2, 0.25) is 0 Å². The summed E-state index contributed by atoms with van der Waals surface area (Å²) in [5.41, 5.74) is 2.39. The highest BCUT2D eigenvalue weighted by molar-refractivity contribution is 5.44. The Morgan fingerprint density at radius 2 is 2.06 bits per heavy atom. The molecule has 1 saturated heterocycles. The van der Waals surface area contributed by atoms with Gasteiger partial charge >= 0.3 is 0 Å². The number of hydrogen-bond donors (Lipinski definition) is 1. The molecule has 0 bridgehead atoms. The molecule has 1 N–H and O–H groups in total. The van der Waals surface area contributed by atoms with E-state index in [2.05, 4.69) is 43.4 Å². The van der Waals surface area contributed by atoms with Crippen molar-refractivity contribution >= 4 is 5.69 Å². The summed E-state index contributed by atoms with van der Waals surface area (Å²) in [5.74, 6) is 0. The molecule has 2 rings (SSSR count). The molecule has 0 amide bonds. The number of hydrogen-bond acceptors (Lipinski definition) is 3. The van der Waals surface area contributed by atoms with E-state index in [1.165, 1.54) is 5.56 Å². The molecule has 1 aromatic rings. The van der Waals surface area contributed by atoms with Crippen LogP contribution in [0.4, 0.5) is 5.69 Å². The van der Waals surface area contributed by atoms with E-state index in [4.69, 9.17) is 9.47 Å². The first-order valence-electron chi connectivity index (χ1n) is 6.59. The molecule has 0 radical (unpaired) electrons. The molecule has 3 heteroatoms. The Labute approximate surface area is 109 Å². The zero-order chi connectivity index (χ0) is 13.0. The molecule has 0 saturated carbocycles. The van der Waals surface area contributed by atoms with Crippen LogP contribution in [0.3, 0.4) is 0 Å². The molecule has 1 aromatic carbocycles. The average molecular weight is 249 g/mol. The summed E-state index contributed by atoms with van der Waals surface area (Å²) in [7, 11) is 1.71. The molecule has 1 aliphatic heterocycles. The Hall–Kier alpha value is -1.06. The summed E-state index contributed by atoms with van der Waals surface area (Å²) < 4.78 is 11.0. The van der Waals surface area contributed by atoms with Crippen molar-refractivity contribution in [3.63, 3.8) is 0 Å². The van der Waals surface area contributed by atoms with Crippen LogP contribution in [0, 0.1) is 0 Å². The van der Waals surface area contributed by atoms with E-state index >= 15 is 0 Å². The topological polar surface area (TPSA) is 30.5 Å². The highest BCUT2D eigenvalue weighted by Gasteiger charge is 2.31. The molecule has 1 heterocycles. The maximum absolute atomic E-state index is 5.95. The van der Waals surface area contributed by atoms with Crippen LogP contribution in [-0.2, 0) is 16.1 Å². The Kier molecular flexibility index (Phi) is 4.25. The maximum Gasteiger partial charge on any atom is 0.0755 e. The van der Waals surface area contributed by atoms with Gasteiger partial charge in [0.1, 0.15) is 0 Å². The van der Waals surface area contributed by atoms with Gasteiger partial charge < -0.3 is 14.8 Å². The van der Waals surface area contributed by atoms with Crippen LogP contribution in [0.1, 0.15) is 32.3 Å². The Balaban J connectivity index is 1.80. The van der Waals surface area contributed by atoms with E-state index in [0.717, 1.165) is 25.1 Å². The molecule has 100 valence electrons. The fourth-order valence-corrected chi connectivity index (χ4v) is 2.34. The number of ether oxygens (including phenoxy) is 2. The molecule has 1 fully saturated rings. The molecule has 0 aromatic heterocycles. The van der Waals surface area contributed by atoms with Crippen molar-refractivity contribution in [2.24, 2.45) is 0 Å². The second kappa shape index (κ2) is 5.72. The van der Waals surface area contributed by atoms with E-state index in [1.807, 2.05) is 0 Å². The van der Waals surface area contributed by atoms with Gasteiger partial charge in [-0.2, -0.15) is 0 Å². The van der Waals surface area contributed by atoms with Crippen LogP contribution in [0.15, 0.2) is 24.3 Å². The van der Waals surface area contributed by atoms with Crippen molar-refractivity contribution in [1.29, 1.82) is 0 Å². The predicted octanol–water partition coefficient (Wildman–Crippen LogP) is 3.20. The third kappa shape index (κ3) is 3.72. The Bertz CT molecular complexity index is 373. The second-order valence-electron chi connectivity index (χ2n) is 5.55. The molecule has 1 atom stereocenters. The first-order valence-corrected chi connectivity index (χ1v) is 6.59. The minimum atomic E-state index is 0.0503. The van der Waals surface area contributed by atoms with Gasteiger partial charge in [0.05, 0.1) is 18.3 Å². The highest BCUT2D eigenvalue weighted by atomic mass is 16.5. The molecule has 1 aliphatic rings. The second-order valence-corrected chi connectivity index (χ2v) is 5.55. The van der Waals surface area contributed by atoms with Gasteiger partial charge in [-0.3, -0.25) is 0 Å². The van der Waals surface area contributed by atoms with Crippen molar-refractivity contribution in [2.45, 2.75) is 45.0 Å². The van der Waals surface area contributed by atoms with Gasteiger partial charge in [-0.1, -0.05) is 12.1 Å². The summed E-state index contributed by atoms with van der Waals surface area (Å²) in [6, 6.07) is 8.36. The number of methoxy groups -OCH3 is 1. The molecule has 18 heavy (non-hydrogen) atoms. The van der Waals surface area contributed by atoms with Crippen LogP contribution in [0.25, 0.3) is 0 Å². The largest absolute Gasteiger partial charge is 0.382 e.